The number of amides is 2. The van der Waals surface area contributed by atoms with Gasteiger partial charge in [-0.1, -0.05) is 18.2 Å². The molecule has 12 heteroatoms. The lowest BCUT2D eigenvalue weighted by Gasteiger charge is -2.26. The number of halogens is 2. The minimum atomic E-state index is -0.368. The van der Waals surface area contributed by atoms with Crippen molar-refractivity contribution in [1.29, 1.82) is 0 Å². The summed E-state index contributed by atoms with van der Waals surface area (Å²) >= 11 is 3.66. The second-order valence-electron chi connectivity index (χ2n) is 9.49. The van der Waals surface area contributed by atoms with Crippen LogP contribution in [0.5, 0.6) is 0 Å². The van der Waals surface area contributed by atoms with E-state index >= 15 is 0 Å². The summed E-state index contributed by atoms with van der Waals surface area (Å²) in [6.45, 7) is 3.16. The molecule has 0 spiro atoms. The quantitative estimate of drug-likeness (QED) is 0.421. The molecule has 10 nitrogen and oxygen atoms in total. The molecule has 0 saturated carbocycles. The van der Waals surface area contributed by atoms with Crippen molar-refractivity contribution in [1.82, 2.24) is 29.8 Å². The van der Waals surface area contributed by atoms with E-state index in [1.165, 1.54) is 6.21 Å². The van der Waals surface area contributed by atoms with Gasteiger partial charge in [0.1, 0.15) is 11.5 Å². The Labute approximate surface area is 228 Å². The molecule has 0 bridgehead atoms. The molecule has 5 rings (SSSR count). The zero-order chi connectivity index (χ0) is 26.6. The van der Waals surface area contributed by atoms with E-state index in [1.54, 1.807) is 28.7 Å². The Kier molecular flexibility index (Phi) is 8.01. The Bertz CT molecular complexity index is 1340. The van der Waals surface area contributed by atoms with Gasteiger partial charge >= 0.3 is 6.03 Å². The van der Waals surface area contributed by atoms with Crippen molar-refractivity contribution in [3.8, 4) is 16.9 Å². The van der Waals surface area contributed by atoms with Crippen molar-refractivity contribution in [2.75, 3.05) is 45.2 Å². The number of allylic oxidation sites excluding steroid dienone is 1. The van der Waals surface area contributed by atoms with Crippen LogP contribution in [-0.4, -0.2) is 82.6 Å². The molecule has 1 unspecified atom stereocenters. The number of para-hydroxylation sites is 1. The van der Waals surface area contributed by atoms with Crippen LogP contribution in [0.2, 0.25) is 0 Å². The van der Waals surface area contributed by atoms with Gasteiger partial charge in [0, 0.05) is 70.0 Å². The minimum Gasteiger partial charge on any atom is -0.383 e. The van der Waals surface area contributed by atoms with Crippen molar-refractivity contribution >= 4 is 34.0 Å². The largest absolute Gasteiger partial charge is 0.383 e. The predicted molar refractivity (Wildman–Crippen MR) is 147 cm³/mol. The summed E-state index contributed by atoms with van der Waals surface area (Å²) < 4.78 is 23.3. The molecular formula is C26H30BrFN8O2. The zero-order valence-electron chi connectivity index (χ0n) is 21.2. The van der Waals surface area contributed by atoms with Gasteiger partial charge in [-0.3, -0.25) is 19.9 Å². The fraction of sp³-hybridized carbons (Fsp3) is 0.385. The normalized spacial score (nSPS) is 21.5. The van der Waals surface area contributed by atoms with Crippen LogP contribution in [0.15, 0.2) is 64.1 Å². The summed E-state index contributed by atoms with van der Waals surface area (Å²) in [4.78, 5) is 19.8. The Hall–Kier alpha value is -3.35. The number of likely N-dealkylation sites (tertiary alicyclic amines) is 1. The number of rotatable bonds is 8. The highest BCUT2D eigenvalue weighted by atomic mass is 79.9. The molecule has 2 aliphatic rings. The number of urea groups is 1. The number of nitrogens with zero attached hydrogens (tertiary/aromatic N) is 6. The number of anilines is 1. The number of ether oxygens (including phenoxy) is 1. The van der Waals surface area contributed by atoms with Crippen LogP contribution < -0.4 is 10.6 Å². The monoisotopic (exact) mass is 584 g/mol. The van der Waals surface area contributed by atoms with Crippen LogP contribution >= 0.6 is 15.9 Å². The van der Waals surface area contributed by atoms with Crippen molar-refractivity contribution in [3.05, 3.63) is 59.1 Å². The van der Waals surface area contributed by atoms with E-state index in [4.69, 9.17) is 9.84 Å². The lowest BCUT2D eigenvalue weighted by molar-refractivity contribution is 0.157. The van der Waals surface area contributed by atoms with Crippen LogP contribution in [0.25, 0.3) is 16.9 Å². The third-order valence-electron chi connectivity index (χ3n) is 6.86. The molecular weight excluding hydrogens is 555 g/mol. The van der Waals surface area contributed by atoms with E-state index in [9.17, 15) is 9.18 Å². The molecule has 3 aromatic rings. The third kappa shape index (κ3) is 5.71. The molecule has 2 aromatic heterocycles. The molecule has 2 aliphatic heterocycles. The summed E-state index contributed by atoms with van der Waals surface area (Å²) in [5.41, 5.74) is 2.26. The number of aromatic nitrogens is 4. The summed E-state index contributed by atoms with van der Waals surface area (Å²) in [6.07, 6.45) is 6.46. The highest BCUT2D eigenvalue weighted by molar-refractivity contribution is 9.10. The maximum Gasteiger partial charge on any atom is 0.320 e. The number of hydrogen-bond acceptors (Lipinski definition) is 6. The number of aryl methyl sites for hydroxylation is 1. The van der Waals surface area contributed by atoms with Crippen molar-refractivity contribution < 1.29 is 13.9 Å². The summed E-state index contributed by atoms with van der Waals surface area (Å²) in [6, 6.07) is 9.02. The average Bonchev–Trinajstić information content (AvgIpc) is 3.61. The van der Waals surface area contributed by atoms with Gasteiger partial charge in [-0.25, -0.2) is 13.9 Å². The minimum absolute atomic E-state index is 0.00855. The van der Waals surface area contributed by atoms with Gasteiger partial charge in [-0.2, -0.15) is 10.2 Å². The topological polar surface area (TPSA) is 102 Å². The molecule has 200 valence electrons. The first kappa shape index (κ1) is 26.3. The third-order valence-corrected chi connectivity index (χ3v) is 7.61. The Morgan fingerprint density at radius 3 is 2.79 bits per heavy atom. The number of hydrogen-bond donors (Lipinski definition) is 2. The van der Waals surface area contributed by atoms with Crippen LogP contribution in [-0.2, 0) is 11.8 Å². The van der Waals surface area contributed by atoms with E-state index in [0.29, 0.717) is 35.7 Å². The number of methoxy groups -OCH3 is 1. The highest BCUT2D eigenvalue weighted by Crippen LogP contribution is 2.36. The van der Waals surface area contributed by atoms with Crippen molar-refractivity contribution in [3.63, 3.8) is 0 Å². The predicted octanol–water partition coefficient (Wildman–Crippen LogP) is 3.66. The first-order valence-electron chi connectivity index (χ1n) is 12.4. The second-order valence-corrected chi connectivity index (χ2v) is 10.3. The van der Waals surface area contributed by atoms with E-state index in [0.717, 1.165) is 24.3 Å². The first-order valence-corrected chi connectivity index (χ1v) is 13.2. The first-order chi connectivity index (χ1) is 18.4. The fourth-order valence-corrected chi connectivity index (χ4v) is 5.60. The van der Waals surface area contributed by atoms with E-state index in [2.05, 4.69) is 41.6 Å². The second kappa shape index (κ2) is 11.6. The number of aliphatic imine (C=N–C) groups is 1. The molecule has 0 aliphatic carbocycles. The maximum atomic E-state index is 14.0. The molecule has 38 heavy (non-hydrogen) atoms. The molecule has 1 fully saturated rings. The van der Waals surface area contributed by atoms with Gasteiger partial charge in [0.15, 0.2) is 5.82 Å². The highest BCUT2D eigenvalue weighted by Gasteiger charge is 2.38. The van der Waals surface area contributed by atoms with Crippen molar-refractivity contribution in [2.24, 2.45) is 23.9 Å². The standard InChI is InChI=1S/C26H30BrFN8O2/c1-34-14-18(12-30-34)24-23(27)25(36(33-24)20-6-4-3-5-7-20)32-26(37)31-22-16-35(8-9-38-2)15-21(22)17-10-19(28)13-29-11-17/h3-7,10,12-14,17,21-22H,8-9,11,15-16H2,1-2H3,(H2,31,32,37)/t17?,21-,22+/m0/s1. The van der Waals surface area contributed by atoms with E-state index in [1.807, 2.05) is 43.6 Å². The maximum absolute atomic E-state index is 14.0. The molecule has 4 heterocycles. The zero-order valence-corrected chi connectivity index (χ0v) is 22.8. The van der Waals surface area contributed by atoms with Gasteiger partial charge in [0.25, 0.3) is 0 Å². The van der Waals surface area contributed by atoms with Crippen LogP contribution in [0.4, 0.5) is 15.0 Å². The van der Waals surface area contributed by atoms with Gasteiger partial charge in [0.05, 0.1) is 29.2 Å². The molecule has 3 atom stereocenters. The molecule has 1 saturated heterocycles. The lowest BCUT2D eigenvalue weighted by atomic mass is 9.87. The van der Waals surface area contributed by atoms with E-state index < -0.39 is 0 Å². The van der Waals surface area contributed by atoms with Crippen LogP contribution in [0, 0.1) is 11.8 Å². The number of benzene rings is 1. The van der Waals surface area contributed by atoms with Gasteiger partial charge in [-0.15, -0.1) is 0 Å². The summed E-state index contributed by atoms with van der Waals surface area (Å²) in [7, 11) is 3.50. The molecule has 2 amide bonds. The Morgan fingerprint density at radius 1 is 1.26 bits per heavy atom. The number of carbonyl (C=O) groups is 1. The van der Waals surface area contributed by atoms with Gasteiger partial charge < -0.3 is 10.1 Å². The SMILES string of the molecule is COCCN1C[C@@H](NC(=O)Nc2c(Br)c(-c3cnn(C)c3)nn2-c2ccccc2)[C@H](C2C=C(F)C=NC2)C1. The van der Waals surface area contributed by atoms with Crippen LogP contribution in [0.1, 0.15) is 0 Å². The van der Waals surface area contributed by atoms with Crippen LogP contribution in [0.3, 0.4) is 0 Å². The number of nitrogens with one attached hydrogen (secondary N) is 2. The molecule has 1 aromatic carbocycles. The number of dihydropyridines is 1. The average molecular weight is 585 g/mol. The number of carbonyl (C=O) groups excluding carboxylic acids is 1. The Balaban J connectivity index is 1.39. The summed E-state index contributed by atoms with van der Waals surface area (Å²) in [5, 5.41) is 15.2. The fourth-order valence-electron chi connectivity index (χ4n) is 5.03. The molecule has 2 N–H and O–H groups in total. The van der Waals surface area contributed by atoms with E-state index in [-0.39, 0.29) is 29.7 Å². The van der Waals surface area contributed by atoms with Gasteiger partial charge in [-0.05, 0) is 34.1 Å². The Morgan fingerprint density at radius 2 is 2.08 bits per heavy atom. The van der Waals surface area contributed by atoms with Crippen molar-refractivity contribution in [2.45, 2.75) is 6.04 Å². The summed E-state index contributed by atoms with van der Waals surface area (Å²) in [5.74, 6) is 0.0656. The molecule has 0 radical (unpaired) electrons. The smallest absolute Gasteiger partial charge is 0.320 e. The van der Waals surface area contributed by atoms with Gasteiger partial charge in [0.2, 0.25) is 0 Å². The lowest BCUT2D eigenvalue weighted by Crippen LogP contribution is -2.45.